The molecule has 0 aromatic heterocycles. The Morgan fingerprint density at radius 2 is 1.84 bits per heavy atom. The molecule has 6 nitrogen and oxygen atoms in total. The summed E-state index contributed by atoms with van der Waals surface area (Å²) in [4.78, 5) is 39.5. The molecule has 0 spiro atoms. The smallest absolute Gasteiger partial charge is 0.243 e. The number of carbonyl (C=O) groups is 3. The van der Waals surface area contributed by atoms with E-state index in [1.54, 1.807) is 0 Å². The molecule has 1 N–H and O–H groups in total. The van der Waals surface area contributed by atoms with Crippen LogP contribution in [0, 0.1) is 17.8 Å². The molecule has 2 aliphatic rings. The molecule has 3 amide bonds. The largest absolute Gasteiger partial charge is 0.382 e. The minimum atomic E-state index is -0.710. The number of carbonyl (C=O) groups excluding carboxylic acids is 3. The van der Waals surface area contributed by atoms with Crippen LogP contribution in [0.15, 0.2) is 12.2 Å². The van der Waals surface area contributed by atoms with Gasteiger partial charge in [0.1, 0.15) is 6.04 Å². The van der Waals surface area contributed by atoms with Gasteiger partial charge < -0.3 is 10.1 Å². The van der Waals surface area contributed by atoms with Crippen LogP contribution in [0.2, 0.25) is 0 Å². The second kappa shape index (κ2) is 9.13. The van der Waals surface area contributed by atoms with Crippen LogP contribution in [0.5, 0.6) is 0 Å². The normalized spacial score (nSPS) is 23.9. The van der Waals surface area contributed by atoms with Crippen LogP contribution < -0.4 is 5.32 Å². The Balaban J connectivity index is 2.05. The van der Waals surface area contributed by atoms with Crippen LogP contribution in [0.25, 0.3) is 0 Å². The highest BCUT2D eigenvalue weighted by atomic mass is 16.5. The first-order valence-corrected chi connectivity index (χ1v) is 9.34. The van der Waals surface area contributed by atoms with Crippen molar-refractivity contribution < 1.29 is 19.1 Å². The molecule has 0 radical (unpaired) electrons. The van der Waals surface area contributed by atoms with Crippen molar-refractivity contribution in [1.29, 1.82) is 0 Å². The van der Waals surface area contributed by atoms with Crippen LogP contribution in [-0.4, -0.2) is 48.4 Å². The third-order valence-corrected chi connectivity index (χ3v) is 4.82. The average Bonchev–Trinajstić information content (AvgIpc) is 2.84. The van der Waals surface area contributed by atoms with E-state index in [0.717, 1.165) is 0 Å². The zero-order valence-electron chi connectivity index (χ0n) is 15.5. The van der Waals surface area contributed by atoms with Crippen LogP contribution in [0.1, 0.15) is 46.5 Å². The van der Waals surface area contributed by atoms with Crippen molar-refractivity contribution in [2.45, 2.75) is 52.5 Å². The Bertz CT molecular complexity index is 504. The van der Waals surface area contributed by atoms with E-state index in [0.29, 0.717) is 45.4 Å². The van der Waals surface area contributed by atoms with Crippen LogP contribution >= 0.6 is 0 Å². The van der Waals surface area contributed by atoms with E-state index in [9.17, 15) is 14.4 Å². The van der Waals surface area contributed by atoms with Gasteiger partial charge in [-0.05, 0) is 38.5 Å². The second-order valence-electron chi connectivity index (χ2n) is 7.19. The summed E-state index contributed by atoms with van der Waals surface area (Å²) in [7, 11) is 0. The number of hydrogen-bond donors (Lipinski definition) is 1. The fourth-order valence-corrected chi connectivity index (χ4v) is 3.56. The van der Waals surface area contributed by atoms with E-state index >= 15 is 0 Å². The molecule has 0 bridgehead atoms. The Labute approximate surface area is 150 Å². The number of allylic oxidation sites excluding steroid dienone is 2. The van der Waals surface area contributed by atoms with Gasteiger partial charge in [0.15, 0.2) is 0 Å². The van der Waals surface area contributed by atoms with Gasteiger partial charge in [0.05, 0.1) is 11.8 Å². The quantitative estimate of drug-likeness (QED) is 0.391. The van der Waals surface area contributed by atoms with E-state index in [1.165, 1.54) is 4.90 Å². The van der Waals surface area contributed by atoms with Crippen molar-refractivity contribution >= 4 is 17.7 Å². The number of imide groups is 1. The Morgan fingerprint density at radius 3 is 2.36 bits per heavy atom. The van der Waals surface area contributed by atoms with Gasteiger partial charge >= 0.3 is 0 Å². The van der Waals surface area contributed by atoms with E-state index < -0.39 is 6.04 Å². The number of amides is 3. The number of fused-ring (bicyclic) bond motifs is 1. The highest BCUT2D eigenvalue weighted by Crippen LogP contribution is 2.37. The van der Waals surface area contributed by atoms with Crippen molar-refractivity contribution in [3.63, 3.8) is 0 Å². The SMILES string of the molecule is CCOCCCNC(=O)C(CC(C)C)N1C(=O)C2CC=CCC2C1=O. The first kappa shape index (κ1) is 19.6. The van der Waals surface area contributed by atoms with Crippen molar-refractivity contribution in [3.05, 3.63) is 12.2 Å². The molecular weight excluding hydrogens is 320 g/mol. The molecule has 0 aromatic rings. The number of rotatable bonds is 9. The fourth-order valence-electron chi connectivity index (χ4n) is 3.56. The minimum Gasteiger partial charge on any atom is -0.382 e. The van der Waals surface area contributed by atoms with Crippen LogP contribution in [0.3, 0.4) is 0 Å². The Kier molecular flexibility index (Phi) is 7.17. The number of nitrogens with zero attached hydrogens (tertiary/aromatic N) is 1. The number of nitrogens with one attached hydrogen (secondary N) is 1. The molecule has 1 heterocycles. The third kappa shape index (κ3) is 4.69. The van der Waals surface area contributed by atoms with Gasteiger partial charge in [-0.3, -0.25) is 19.3 Å². The molecule has 3 atom stereocenters. The Hall–Kier alpha value is -1.69. The van der Waals surface area contributed by atoms with E-state index in [-0.39, 0.29) is 35.5 Å². The molecule has 6 heteroatoms. The molecular formula is C19H30N2O4. The first-order chi connectivity index (χ1) is 12.0. The fraction of sp³-hybridized carbons (Fsp3) is 0.737. The molecule has 2 rings (SSSR count). The first-order valence-electron chi connectivity index (χ1n) is 9.34. The van der Waals surface area contributed by atoms with Crippen LogP contribution in [0.4, 0.5) is 0 Å². The summed E-state index contributed by atoms with van der Waals surface area (Å²) in [5.74, 6) is -0.987. The molecule has 1 aliphatic carbocycles. The summed E-state index contributed by atoms with van der Waals surface area (Å²) in [6.07, 6.45) is 6.31. The van der Waals surface area contributed by atoms with Crippen molar-refractivity contribution in [3.8, 4) is 0 Å². The lowest BCUT2D eigenvalue weighted by Crippen LogP contribution is -2.50. The summed E-state index contributed by atoms with van der Waals surface area (Å²) in [6, 6.07) is -0.710. The molecule has 1 saturated heterocycles. The van der Waals surface area contributed by atoms with E-state index in [2.05, 4.69) is 5.32 Å². The molecule has 1 fully saturated rings. The van der Waals surface area contributed by atoms with Crippen molar-refractivity contribution in [2.75, 3.05) is 19.8 Å². The maximum absolute atomic E-state index is 12.8. The molecule has 25 heavy (non-hydrogen) atoms. The van der Waals surface area contributed by atoms with Crippen LogP contribution in [-0.2, 0) is 19.1 Å². The number of ether oxygens (including phenoxy) is 1. The zero-order valence-corrected chi connectivity index (χ0v) is 15.5. The summed E-state index contributed by atoms with van der Waals surface area (Å²) < 4.78 is 5.26. The molecule has 0 saturated carbocycles. The van der Waals surface area contributed by atoms with Gasteiger partial charge in [0, 0.05) is 19.8 Å². The maximum Gasteiger partial charge on any atom is 0.243 e. The predicted molar refractivity (Wildman–Crippen MR) is 94.6 cm³/mol. The van der Waals surface area contributed by atoms with E-state index in [1.807, 2.05) is 32.9 Å². The van der Waals surface area contributed by atoms with Gasteiger partial charge in [0.2, 0.25) is 17.7 Å². The van der Waals surface area contributed by atoms with Gasteiger partial charge in [-0.15, -0.1) is 0 Å². The van der Waals surface area contributed by atoms with Gasteiger partial charge in [0.25, 0.3) is 0 Å². The van der Waals surface area contributed by atoms with E-state index in [4.69, 9.17) is 4.74 Å². The summed E-state index contributed by atoms with van der Waals surface area (Å²) in [5.41, 5.74) is 0. The molecule has 0 aromatic carbocycles. The van der Waals surface area contributed by atoms with Gasteiger partial charge in [-0.25, -0.2) is 0 Å². The standard InChI is InChI=1S/C19H30N2O4/c1-4-25-11-7-10-20-17(22)16(12-13(2)3)21-18(23)14-8-5-6-9-15(14)19(21)24/h5-6,13-16H,4,7-12H2,1-3H3,(H,20,22). The second-order valence-corrected chi connectivity index (χ2v) is 7.19. The number of likely N-dealkylation sites (tertiary alicyclic amines) is 1. The maximum atomic E-state index is 12.8. The highest BCUT2D eigenvalue weighted by Gasteiger charge is 2.51. The summed E-state index contributed by atoms with van der Waals surface area (Å²) in [5, 5.41) is 2.87. The minimum absolute atomic E-state index is 0.186. The van der Waals surface area contributed by atoms with Gasteiger partial charge in [-0.1, -0.05) is 26.0 Å². The average molecular weight is 350 g/mol. The lowest BCUT2D eigenvalue weighted by atomic mass is 9.85. The number of hydrogen-bond acceptors (Lipinski definition) is 4. The predicted octanol–water partition coefficient (Wildman–Crippen LogP) is 1.90. The monoisotopic (exact) mass is 350 g/mol. The van der Waals surface area contributed by atoms with Crippen molar-refractivity contribution in [2.24, 2.45) is 17.8 Å². The molecule has 1 aliphatic heterocycles. The highest BCUT2D eigenvalue weighted by molar-refractivity contribution is 6.08. The van der Waals surface area contributed by atoms with Gasteiger partial charge in [-0.2, -0.15) is 0 Å². The lowest BCUT2D eigenvalue weighted by Gasteiger charge is -2.27. The molecule has 140 valence electrons. The zero-order chi connectivity index (χ0) is 18.4. The Morgan fingerprint density at radius 1 is 1.24 bits per heavy atom. The molecule has 3 unspecified atom stereocenters. The summed E-state index contributed by atoms with van der Waals surface area (Å²) in [6.45, 7) is 7.64. The topological polar surface area (TPSA) is 75.7 Å². The lowest BCUT2D eigenvalue weighted by molar-refractivity contribution is -0.148. The summed E-state index contributed by atoms with van der Waals surface area (Å²) >= 11 is 0. The third-order valence-electron chi connectivity index (χ3n) is 4.82. The van der Waals surface area contributed by atoms with Crippen molar-refractivity contribution in [1.82, 2.24) is 10.2 Å².